The minimum Gasteiger partial charge on any atom is -0.423 e. The van der Waals surface area contributed by atoms with Crippen molar-refractivity contribution in [3.8, 4) is 5.75 Å². The molecule has 3 heterocycles. The Balaban J connectivity index is 1.27. The third-order valence-corrected chi connectivity index (χ3v) is 10.2. The van der Waals surface area contributed by atoms with Crippen LogP contribution >= 0.6 is 29.2 Å². The molecule has 0 radical (unpaired) electrons. The summed E-state index contributed by atoms with van der Waals surface area (Å²) in [4.78, 5) is 12.6. The molecule has 40 heavy (non-hydrogen) atoms. The summed E-state index contributed by atoms with van der Waals surface area (Å²) in [6, 6.07) is 17.2. The molecular weight excluding hydrogens is 569 g/mol. The van der Waals surface area contributed by atoms with Crippen LogP contribution in [0.5, 0.6) is 5.75 Å². The Labute approximate surface area is 241 Å². The lowest BCUT2D eigenvalue weighted by molar-refractivity contribution is -0.0192. The first-order valence-corrected chi connectivity index (χ1v) is 17.1. The van der Waals surface area contributed by atoms with Gasteiger partial charge in [0.2, 0.25) is 0 Å². The summed E-state index contributed by atoms with van der Waals surface area (Å²) in [5.41, 5.74) is 9.31. The average molecular weight is 602 g/mol. The molecule has 1 unspecified atom stereocenters. The highest BCUT2D eigenvalue weighted by Gasteiger charge is 2.38. The van der Waals surface area contributed by atoms with E-state index in [0.29, 0.717) is 47.4 Å². The standard InChI is InChI=1S/C27H32N5O5PS2/c1-19-8-10-21(11-9-19)13-34-23-14-39-40-15-24(23)37-38(33,36-22-6-4-3-5-7-22)18-35-20(2)12-32-17-31-25-26(28)29-16-30-27(25)32/h3-11,16-17,20,23-24H,12-15,18H2,1-2H3,(H2,28,29,30)/t20-,23+,24+,38?/m1/s1. The average Bonchev–Trinajstić information content (AvgIpc) is 3.37. The third kappa shape index (κ3) is 7.57. The zero-order chi connectivity index (χ0) is 28.0. The van der Waals surface area contributed by atoms with E-state index in [1.165, 1.54) is 11.9 Å². The second kappa shape index (κ2) is 13.4. The number of nitrogens with two attached hydrogens (primary N) is 1. The van der Waals surface area contributed by atoms with Crippen LogP contribution in [0.25, 0.3) is 11.2 Å². The predicted molar refractivity (Wildman–Crippen MR) is 159 cm³/mol. The monoisotopic (exact) mass is 601 g/mol. The van der Waals surface area contributed by atoms with E-state index in [9.17, 15) is 4.57 Å². The number of hydrogen-bond acceptors (Lipinski definition) is 11. The van der Waals surface area contributed by atoms with Crippen LogP contribution in [0.15, 0.2) is 67.3 Å². The molecule has 0 amide bonds. The molecule has 4 atom stereocenters. The lowest BCUT2D eigenvalue weighted by Crippen LogP contribution is -2.38. The van der Waals surface area contributed by atoms with Crippen LogP contribution in [-0.2, 0) is 31.7 Å². The maximum absolute atomic E-state index is 14.2. The van der Waals surface area contributed by atoms with E-state index in [1.807, 2.05) is 29.7 Å². The summed E-state index contributed by atoms with van der Waals surface area (Å²) in [6.45, 7) is 4.79. The number of fused-ring (bicyclic) bond motifs is 1. The number of hydrogen-bond donors (Lipinski definition) is 1. The van der Waals surface area contributed by atoms with Crippen molar-refractivity contribution in [2.45, 2.75) is 45.3 Å². The minimum atomic E-state index is -3.74. The van der Waals surface area contributed by atoms with Gasteiger partial charge in [-0.2, -0.15) is 0 Å². The van der Waals surface area contributed by atoms with Crippen molar-refractivity contribution in [1.82, 2.24) is 19.5 Å². The molecule has 0 bridgehead atoms. The van der Waals surface area contributed by atoms with Gasteiger partial charge in [-0.1, -0.05) is 69.6 Å². The summed E-state index contributed by atoms with van der Waals surface area (Å²) in [7, 11) is -0.357. The molecule has 0 saturated carbocycles. The molecule has 1 aliphatic rings. The summed E-state index contributed by atoms with van der Waals surface area (Å²) in [6.07, 6.45) is 1.78. The number of ether oxygens (including phenoxy) is 2. The first kappa shape index (κ1) is 28.9. The van der Waals surface area contributed by atoms with E-state index in [-0.39, 0.29) is 18.6 Å². The lowest BCUT2D eigenvalue weighted by Gasteiger charge is -2.33. The number of rotatable bonds is 12. The fourth-order valence-electron chi connectivity index (χ4n) is 4.09. The van der Waals surface area contributed by atoms with Crippen molar-refractivity contribution in [2.24, 2.45) is 0 Å². The topological polar surface area (TPSA) is 124 Å². The SMILES string of the molecule is Cc1ccc(CO[C@H]2CSSC[C@@H]2OP(=O)(CO[C@H](C)Cn2cnc3c(N)ncnc32)Oc2ccccc2)cc1. The Bertz CT molecular complexity index is 1440. The van der Waals surface area contributed by atoms with Crippen LogP contribution in [-0.4, -0.2) is 55.7 Å². The molecule has 0 spiro atoms. The fraction of sp³-hybridized carbons (Fsp3) is 0.370. The number of para-hydroxylation sites is 1. The van der Waals surface area contributed by atoms with Gasteiger partial charge in [0, 0.05) is 11.5 Å². The van der Waals surface area contributed by atoms with Gasteiger partial charge >= 0.3 is 7.60 Å². The van der Waals surface area contributed by atoms with E-state index in [4.69, 9.17) is 24.3 Å². The minimum absolute atomic E-state index is 0.230. The number of aromatic nitrogens is 4. The molecule has 1 aliphatic heterocycles. The van der Waals surface area contributed by atoms with Crippen molar-refractivity contribution < 1.29 is 23.1 Å². The summed E-state index contributed by atoms with van der Waals surface area (Å²) in [5, 5.41) is 0. The zero-order valence-electron chi connectivity index (χ0n) is 22.3. The number of aryl methyl sites for hydroxylation is 1. The second-order valence-corrected chi connectivity index (χ2v) is 13.9. The first-order valence-electron chi connectivity index (χ1n) is 12.8. The molecule has 1 saturated heterocycles. The lowest BCUT2D eigenvalue weighted by atomic mass is 10.1. The van der Waals surface area contributed by atoms with E-state index in [0.717, 1.165) is 5.56 Å². The summed E-state index contributed by atoms with van der Waals surface area (Å²) in [5.74, 6) is 2.09. The highest BCUT2D eigenvalue weighted by molar-refractivity contribution is 8.76. The van der Waals surface area contributed by atoms with Crippen molar-refractivity contribution in [1.29, 1.82) is 0 Å². The Kier molecular flexibility index (Phi) is 9.67. The molecule has 2 aromatic heterocycles. The maximum atomic E-state index is 14.2. The molecule has 13 heteroatoms. The summed E-state index contributed by atoms with van der Waals surface area (Å²) < 4.78 is 40.6. The molecular formula is C27H32N5O5PS2. The van der Waals surface area contributed by atoms with Crippen molar-refractivity contribution in [2.75, 3.05) is 23.6 Å². The van der Waals surface area contributed by atoms with Crippen molar-refractivity contribution in [3.63, 3.8) is 0 Å². The smallest absolute Gasteiger partial charge is 0.405 e. The quantitative estimate of drug-likeness (QED) is 0.158. The third-order valence-electron chi connectivity index (χ3n) is 6.23. The number of nitrogens with zero attached hydrogens (tertiary/aromatic N) is 4. The zero-order valence-corrected chi connectivity index (χ0v) is 24.8. The molecule has 10 nitrogen and oxygen atoms in total. The van der Waals surface area contributed by atoms with E-state index < -0.39 is 13.7 Å². The van der Waals surface area contributed by atoms with Gasteiger partial charge < -0.3 is 24.3 Å². The number of benzene rings is 2. The van der Waals surface area contributed by atoms with E-state index in [2.05, 4.69) is 46.1 Å². The van der Waals surface area contributed by atoms with Gasteiger partial charge in [0.05, 0.1) is 31.7 Å². The van der Waals surface area contributed by atoms with E-state index >= 15 is 0 Å². The van der Waals surface area contributed by atoms with Gasteiger partial charge in [-0.3, -0.25) is 4.52 Å². The Morgan fingerprint density at radius 1 is 1.05 bits per heavy atom. The molecule has 4 aromatic rings. The van der Waals surface area contributed by atoms with Gasteiger partial charge in [0.1, 0.15) is 23.7 Å². The maximum Gasteiger partial charge on any atom is 0.405 e. The van der Waals surface area contributed by atoms with Crippen LogP contribution in [0.2, 0.25) is 0 Å². The van der Waals surface area contributed by atoms with Gasteiger partial charge in [-0.15, -0.1) is 0 Å². The van der Waals surface area contributed by atoms with Crippen LogP contribution in [0.4, 0.5) is 5.82 Å². The first-order chi connectivity index (χ1) is 19.4. The fourth-order valence-corrected chi connectivity index (χ4v) is 8.29. The van der Waals surface area contributed by atoms with Gasteiger partial charge in [-0.25, -0.2) is 19.5 Å². The summed E-state index contributed by atoms with van der Waals surface area (Å²) >= 11 is 0. The van der Waals surface area contributed by atoms with Crippen LogP contribution < -0.4 is 10.3 Å². The molecule has 0 aliphatic carbocycles. The Hall–Kier alpha value is -2.60. The predicted octanol–water partition coefficient (Wildman–Crippen LogP) is 5.72. The highest BCUT2D eigenvalue weighted by atomic mass is 33.1. The largest absolute Gasteiger partial charge is 0.423 e. The molecule has 1 fully saturated rings. The van der Waals surface area contributed by atoms with Crippen LogP contribution in [0, 0.1) is 6.92 Å². The normalized spacial score (nSPS) is 19.8. The number of imidazole rings is 1. The highest BCUT2D eigenvalue weighted by Crippen LogP contribution is 2.52. The van der Waals surface area contributed by atoms with Crippen LogP contribution in [0.1, 0.15) is 18.1 Å². The second-order valence-electron chi connectivity index (χ2n) is 9.50. The molecule has 5 rings (SSSR count). The van der Waals surface area contributed by atoms with Gasteiger partial charge in [0.15, 0.2) is 17.8 Å². The Morgan fingerprint density at radius 3 is 2.58 bits per heavy atom. The Morgan fingerprint density at radius 2 is 1.80 bits per heavy atom. The van der Waals surface area contributed by atoms with Gasteiger partial charge in [0.25, 0.3) is 0 Å². The van der Waals surface area contributed by atoms with Crippen molar-refractivity contribution in [3.05, 3.63) is 78.4 Å². The van der Waals surface area contributed by atoms with Crippen LogP contribution in [0.3, 0.4) is 0 Å². The molecule has 2 aromatic carbocycles. The van der Waals surface area contributed by atoms with Crippen molar-refractivity contribution >= 4 is 46.2 Å². The molecule has 2 N–H and O–H groups in total. The number of nitrogen functional groups attached to an aromatic ring is 1. The number of anilines is 1. The van der Waals surface area contributed by atoms with E-state index in [1.54, 1.807) is 40.0 Å². The molecule has 212 valence electrons. The van der Waals surface area contributed by atoms with Gasteiger partial charge in [-0.05, 0) is 31.5 Å².